The molecule has 0 atom stereocenters. The second kappa shape index (κ2) is 7.24. The third-order valence-corrected chi connectivity index (χ3v) is 3.06. The Balaban J connectivity index is 0.00000116. The van der Waals surface area contributed by atoms with Gasteiger partial charge in [0.15, 0.2) is 0 Å². The van der Waals surface area contributed by atoms with Crippen molar-refractivity contribution in [2.75, 3.05) is 6.54 Å². The number of ether oxygens (including phenoxy) is 1. The molecule has 2 rings (SSSR count). The second-order valence-corrected chi connectivity index (χ2v) is 5.86. The Labute approximate surface area is 131 Å². The summed E-state index contributed by atoms with van der Waals surface area (Å²) in [5.74, 6) is 0. The van der Waals surface area contributed by atoms with Crippen LogP contribution < -0.4 is 0 Å². The van der Waals surface area contributed by atoms with Gasteiger partial charge < -0.3 is 9.64 Å². The van der Waals surface area contributed by atoms with Crippen LogP contribution in [0.1, 0.15) is 45.7 Å². The highest BCUT2D eigenvalue weighted by Crippen LogP contribution is 2.24. The highest BCUT2D eigenvalue weighted by molar-refractivity contribution is 5.68. The highest BCUT2D eigenvalue weighted by Gasteiger charge is 2.26. The van der Waals surface area contributed by atoms with E-state index < -0.39 is 10.5 Å². The van der Waals surface area contributed by atoms with Crippen molar-refractivity contribution in [1.29, 1.82) is 0 Å². The van der Waals surface area contributed by atoms with Crippen molar-refractivity contribution in [3.63, 3.8) is 0 Å². The number of hydrogen-bond acceptors (Lipinski definition) is 4. The van der Waals surface area contributed by atoms with E-state index in [4.69, 9.17) is 4.74 Å². The fraction of sp³-hybridized carbons (Fsp3) is 0.562. The molecule has 1 aromatic carbocycles. The smallest absolute Gasteiger partial charge is 0.410 e. The number of carbonyl (C=O) groups is 1. The number of nitro groups is 1. The van der Waals surface area contributed by atoms with Gasteiger partial charge in [0.1, 0.15) is 5.60 Å². The molecular weight excluding hydrogens is 284 g/mol. The molecule has 0 saturated carbocycles. The van der Waals surface area contributed by atoms with Crippen LogP contribution in [-0.2, 0) is 17.7 Å². The lowest BCUT2D eigenvalue weighted by Gasteiger charge is -2.31. The van der Waals surface area contributed by atoms with Crippen molar-refractivity contribution >= 4 is 11.8 Å². The molecule has 0 aliphatic carbocycles. The van der Waals surface area contributed by atoms with Gasteiger partial charge in [-0.3, -0.25) is 10.1 Å². The summed E-state index contributed by atoms with van der Waals surface area (Å²) < 4.78 is 5.32. The van der Waals surface area contributed by atoms with Crippen LogP contribution >= 0.6 is 0 Å². The number of hydrogen-bond donors (Lipinski definition) is 0. The summed E-state index contributed by atoms with van der Waals surface area (Å²) >= 11 is 0. The summed E-state index contributed by atoms with van der Waals surface area (Å²) in [6.07, 6.45) is 0.307. The molecule has 22 heavy (non-hydrogen) atoms. The molecule has 0 fully saturated rings. The van der Waals surface area contributed by atoms with Crippen LogP contribution in [0.4, 0.5) is 10.5 Å². The van der Waals surface area contributed by atoms with Gasteiger partial charge in [0, 0.05) is 25.2 Å². The summed E-state index contributed by atoms with van der Waals surface area (Å²) in [5.41, 5.74) is 1.38. The summed E-state index contributed by atoms with van der Waals surface area (Å²) in [7, 11) is 0. The minimum atomic E-state index is -0.542. The molecule has 0 aromatic heterocycles. The Kier molecular flexibility index (Phi) is 5.91. The van der Waals surface area contributed by atoms with Crippen molar-refractivity contribution in [2.24, 2.45) is 0 Å². The van der Waals surface area contributed by atoms with Gasteiger partial charge in [-0.2, -0.15) is 0 Å². The fourth-order valence-corrected chi connectivity index (χ4v) is 2.14. The number of nitro benzene ring substituents is 1. The molecule has 0 saturated heterocycles. The van der Waals surface area contributed by atoms with Gasteiger partial charge in [-0.25, -0.2) is 4.79 Å². The molecule has 0 radical (unpaired) electrons. The largest absolute Gasteiger partial charge is 0.444 e. The van der Waals surface area contributed by atoms with Gasteiger partial charge >= 0.3 is 6.09 Å². The molecular formula is C16H24N2O4. The zero-order chi connectivity index (χ0) is 16.9. The third kappa shape index (κ3) is 4.72. The zero-order valence-electron chi connectivity index (χ0n) is 13.9. The van der Waals surface area contributed by atoms with Crippen LogP contribution in [0, 0.1) is 10.1 Å². The van der Waals surface area contributed by atoms with Crippen LogP contribution in [0.15, 0.2) is 18.2 Å². The quantitative estimate of drug-likeness (QED) is 0.582. The van der Waals surface area contributed by atoms with Crippen LogP contribution in [0.5, 0.6) is 0 Å². The van der Waals surface area contributed by atoms with Gasteiger partial charge in [-0.05, 0) is 38.3 Å². The topological polar surface area (TPSA) is 72.7 Å². The first-order chi connectivity index (χ1) is 10.3. The van der Waals surface area contributed by atoms with Crippen molar-refractivity contribution in [1.82, 2.24) is 4.90 Å². The Bertz CT molecular complexity index is 550. The fourth-order valence-electron chi connectivity index (χ4n) is 2.14. The van der Waals surface area contributed by atoms with E-state index in [9.17, 15) is 14.9 Å². The molecule has 1 aromatic rings. The average molecular weight is 308 g/mol. The maximum Gasteiger partial charge on any atom is 0.410 e. The summed E-state index contributed by atoms with van der Waals surface area (Å²) in [6, 6.07) is 4.80. The zero-order valence-corrected chi connectivity index (χ0v) is 13.9. The molecule has 122 valence electrons. The first-order valence-electron chi connectivity index (χ1n) is 7.50. The Morgan fingerprint density at radius 2 is 1.91 bits per heavy atom. The lowest BCUT2D eigenvalue weighted by molar-refractivity contribution is -0.385. The average Bonchev–Trinajstić information content (AvgIpc) is 2.46. The lowest BCUT2D eigenvalue weighted by atomic mass is 9.99. The number of benzene rings is 1. The van der Waals surface area contributed by atoms with Crippen LogP contribution in [0.25, 0.3) is 0 Å². The predicted octanol–water partition coefficient (Wildman–Crippen LogP) is 3.91. The van der Waals surface area contributed by atoms with E-state index in [0.29, 0.717) is 19.5 Å². The number of fused-ring (bicyclic) bond motifs is 1. The second-order valence-electron chi connectivity index (χ2n) is 5.86. The number of carbonyl (C=O) groups excluding carboxylic acids is 1. The number of rotatable bonds is 1. The molecule has 0 unspecified atom stereocenters. The van der Waals surface area contributed by atoms with Gasteiger partial charge in [0.25, 0.3) is 5.69 Å². The van der Waals surface area contributed by atoms with Gasteiger partial charge in [0.2, 0.25) is 0 Å². The maximum atomic E-state index is 12.0. The molecule has 0 bridgehead atoms. The number of non-ortho nitro benzene ring substituents is 1. The Morgan fingerprint density at radius 3 is 2.45 bits per heavy atom. The molecule has 1 aliphatic heterocycles. The van der Waals surface area contributed by atoms with E-state index in [1.807, 2.05) is 34.6 Å². The van der Waals surface area contributed by atoms with Gasteiger partial charge in [-0.15, -0.1) is 0 Å². The lowest BCUT2D eigenvalue weighted by Crippen LogP contribution is -2.39. The van der Waals surface area contributed by atoms with E-state index in [2.05, 4.69) is 0 Å². The first kappa shape index (κ1) is 17.9. The molecule has 6 heteroatoms. The summed E-state index contributed by atoms with van der Waals surface area (Å²) in [4.78, 5) is 24.0. The Hall–Kier alpha value is -2.11. The molecule has 1 heterocycles. The monoisotopic (exact) mass is 308 g/mol. The van der Waals surface area contributed by atoms with Crippen LogP contribution in [0.3, 0.4) is 0 Å². The maximum absolute atomic E-state index is 12.0. The van der Waals surface area contributed by atoms with Crippen molar-refractivity contribution in [2.45, 2.75) is 53.2 Å². The molecule has 0 N–H and O–H groups in total. The van der Waals surface area contributed by atoms with E-state index in [-0.39, 0.29) is 11.8 Å². The van der Waals surface area contributed by atoms with Gasteiger partial charge in [-0.1, -0.05) is 19.9 Å². The van der Waals surface area contributed by atoms with E-state index in [0.717, 1.165) is 11.1 Å². The third-order valence-electron chi connectivity index (χ3n) is 3.06. The Morgan fingerprint density at radius 1 is 1.27 bits per heavy atom. The number of amides is 1. The molecule has 1 amide bonds. The van der Waals surface area contributed by atoms with Crippen molar-refractivity contribution < 1.29 is 14.5 Å². The van der Waals surface area contributed by atoms with E-state index in [1.54, 1.807) is 11.0 Å². The standard InChI is InChI=1S/C14H18N2O4.C2H6/c1-14(2,3)20-13(17)15-7-6-10-4-5-12(16(18)19)8-11(10)9-15;1-2/h4-5,8H,6-7,9H2,1-3H3;1-2H3. The van der Waals surface area contributed by atoms with Crippen molar-refractivity contribution in [3.8, 4) is 0 Å². The minimum absolute atomic E-state index is 0.0507. The predicted molar refractivity (Wildman–Crippen MR) is 84.8 cm³/mol. The summed E-state index contributed by atoms with van der Waals surface area (Å²) in [5, 5.41) is 10.8. The van der Waals surface area contributed by atoms with Crippen molar-refractivity contribution in [3.05, 3.63) is 39.4 Å². The SMILES string of the molecule is CC.CC(C)(C)OC(=O)N1CCc2ccc([N+](=O)[O-])cc2C1. The van der Waals surface area contributed by atoms with Gasteiger partial charge in [0.05, 0.1) is 4.92 Å². The molecule has 0 spiro atoms. The van der Waals surface area contributed by atoms with E-state index in [1.165, 1.54) is 12.1 Å². The van der Waals surface area contributed by atoms with E-state index >= 15 is 0 Å². The number of nitrogens with zero attached hydrogens (tertiary/aromatic N) is 2. The normalized spacial score (nSPS) is 13.6. The van der Waals surface area contributed by atoms with Crippen LogP contribution in [0.2, 0.25) is 0 Å². The van der Waals surface area contributed by atoms with Crippen LogP contribution in [-0.4, -0.2) is 28.1 Å². The highest BCUT2D eigenvalue weighted by atomic mass is 16.6. The summed E-state index contributed by atoms with van der Waals surface area (Å²) in [6.45, 7) is 10.4. The first-order valence-corrected chi connectivity index (χ1v) is 7.50. The molecule has 1 aliphatic rings. The molecule has 6 nitrogen and oxygen atoms in total. The minimum Gasteiger partial charge on any atom is -0.444 e.